The number of halogens is 1. The second kappa shape index (κ2) is 11.1. The minimum atomic E-state index is -0.231. The maximum Gasteiger partial charge on any atom is 0.258 e. The topological polar surface area (TPSA) is 59.7 Å². The molecule has 5 rings (SSSR count). The third kappa shape index (κ3) is 5.45. The van der Waals surface area contributed by atoms with E-state index in [1.54, 1.807) is 12.1 Å². The summed E-state index contributed by atoms with van der Waals surface area (Å²) in [7, 11) is 0. The Morgan fingerprint density at radius 2 is 1.78 bits per heavy atom. The number of hydrogen-bond acceptors (Lipinski definition) is 3. The zero-order valence-corrected chi connectivity index (χ0v) is 21.8. The average molecular weight is 507 g/mol. The maximum atomic E-state index is 13.7. The Morgan fingerprint density at radius 3 is 2.53 bits per heavy atom. The van der Waals surface area contributed by atoms with Crippen LogP contribution >= 0.6 is 11.6 Å². The summed E-state index contributed by atoms with van der Waals surface area (Å²) in [5.41, 5.74) is 3.11. The molecular weight excluding hydrogens is 472 g/mol. The first kappa shape index (κ1) is 24.8. The molecule has 2 amide bonds. The number of amides is 2. The molecule has 2 fully saturated rings. The van der Waals surface area contributed by atoms with Gasteiger partial charge in [0.15, 0.2) is 0 Å². The highest BCUT2D eigenvalue weighted by atomic mass is 35.5. The predicted octanol–water partition coefficient (Wildman–Crippen LogP) is 5.50. The number of aromatic nitrogens is 1. The molecule has 6 nitrogen and oxygen atoms in total. The number of piperidine rings is 2. The quantitative estimate of drug-likeness (QED) is 0.480. The maximum absolute atomic E-state index is 13.7. The first-order valence-electron chi connectivity index (χ1n) is 13.1. The van der Waals surface area contributed by atoms with Crippen molar-refractivity contribution < 1.29 is 9.59 Å². The molecule has 3 aromatic rings. The first-order valence-corrected chi connectivity index (χ1v) is 13.5. The number of H-pyrrole nitrogens is 1. The lowest BCUT2D eigenvalue weighted by Crippen LogP contribution is -2.47. The van der Waals surface area contributed by atoms with Crippen molar-refractivity contribution in [3.05, 3.63) is 64.8 Å². The number of fused-ring (bicyclic) bond motifs is 1. The molecule has 190 valence electrons. The minimum absolute atomic E-state index is 0.0266. The largest absolute Gasteiger partial charge is 0.361 e. The molecule has 2 aliphatic rings. The SMILES string of the molecule is Cc1c[nH]c2cc(C(=O)N(CC(=O)N3CCC(CN4CCCCC4)CC3)c3ccccc3Cl)ccc12. The lowest BCUT2D eigenvalue weighted by atomic mass is 9.95. The molecule has 0 unspecified atom stereocenters. The summed E-state index contributed by atoms with van der Waals surface area (Å²) in [5, 5.41) is 1.54. The Bertz CT molecular complexity index is 1220. The summed E-state index contributed by atoms with van der Waals surface area (Å²) in [6, 6.07) is 12.9. The van der Waals surface area contributed by atoms with E-state index in [0.29, 0.717) is 22.2 Å². The van der Waals surface area contributed by atoms with Gasteiger partial charge in [-0.05, 0) is 81.4 Å². The molecule has 1 N–H and O–H groups in total. The molecule has 7 heteroatoms. The van der Waals surface area contributed by atoms with Crippen molar-refractivity contribution in [1.29, 1.82) is 0 Å². The molecule has 0 aliphatic carbocycles. The highest BCUT2D eigenvalue weighted by molar-refractivity contribution is 6.34. The van der Waals surface area contributed by atoms with Crippen LogP contribution in [0.4, 0.5) is 5.69 Å². The van der Waals surface area contributed by atoms with Crippen LogP contribution in [-0.4, -0.2) is 65.9 Å². The van der Waals surface area contributed by atoms with Crippen molar-refractivity contribution in [2.75, 3.05) is 44.2 Å². The van der Waals surface area contributed by atoms with Gasteiger partial charge >= 0.3 is 0 Å². The summed E-state index contributed by atoms with van der Waals surface area (Å²) >= 11 is 6.50. The third-order valence-electron chi connectivity index (χ3n) is 7.75. The van der Waals surface area contributed by atoms with Gasteiger partial charge in [-0.25, -0.2) is 0 Å². The van der Waals surface area contributed by atoms with Gasteiger partial charge in [-0.2, -0.15) is 0 Å². The van der Waals surface area contributed by atoms with Crippen LogP contribution in [0.5, 0.6) is 0 Å². The van der Waals surface area contributed by atoms with Crippen LogP contribution < -0.4 is 4.90 Å². The first-order chi connectivity index (χ1) is 17.5. The Kier molecular flexibility index (Phi) is 7.63. The lowest BCUT2D eigenvalue weighted by Gasteiger charge is -2.37. The summed E-state index contributed by atoms with van der Waals surface area (Å²) in [5.74, 6) is 0.381. The molecule has 2 saturated heterocycles. The van der Waals surface area contributed by atoms with Crippen LogP contribution in [-0.2, 0) is 4.79 Å². The van der Waals surface area contributed by atoms with E-state index in [2.05, 4.69) is 9.88 Å². The normalized spacial score (nSPS) is 17.4. The second-order valence-electron chi connectivity index (χ2n) is 10.3. The molecule has 0 radical (unpaired) electrons. The van der Waals surface area contributed by atoms with E-state index in [-0.39, 0.29) is 18.4 Å². The van der Waals surface area contributed by atoms with Crippen LogP contribution in [0.25, 0.3) is 10.9 Å². The molecule has 2 aromatic carbocycles. The molecule has 36 heavy (non-hydrogen) atoms. The lowest BCUT2D eigenvalue weighted by molar-refractivity contribution is -0.131. The van der Waals surface area contributed by atoms with Gasteiger partial charge in [0.2, 0.25) is 5.91 Å². The molecule has 0 saturated carbocycles. The van der Waals surface area contributed by atoms with Gasteiger partial charge < -0.3 is 14.8 Å². The number of rotatable bonds is 6. The number of aryl methyl sites for hydroxylation is 1. The molecule has 0 atom stereocenters. The highest BCUT2D eigenvalue weighted by Gasteiger charge is 2.29. The van der Waals surface area contributed by atoms with Crippen molar-refractivity contribution in [3.63, 3.8) is 0 Å². The zero-order valence-electron chi connectivity index (χ0n) is 21.0. The Hall–Kier alpha value is -2.83. The number of carbonyl (C=O) groups is 2. The third-order valence-corrected chi connectivity index (χ3v) is 8.07. The van der Waals surface area contributed by atoms with Crippen molar-refractivity contribution in [2.24, 2.45) is 5.92 Å². The van der Waals surface area contributed by atoms with Gasteiger partial charge in [-0.3, -0.25) is 14.5 Å². The number of benzene rings is 2. The Labute approximate surface area is 218 Å². The fraction of sp³-hybridized carbons (Fsp3) is 0.448. The monoisotopic (exact) mass is 506 g/mol. The van der Waals surface area contributed by atoms with E-state index < -0.39 is 0 Å². The number of anilines is 1. The number of nitrogens with zero attached hydrogens (tertiary/aromatic N) is 3. The average Bonchev–Trinajstić information content (AvgIpc) is 3.28. The highest BCUT2D eigenvalue weighted by Crippen LogP contribution is 2.29. The van der Waals surface area contributed by atoms with Gasteiger partial charge in [0, 0.05) is 42.3 Å². The summed E-state index contributed by atoms with van der Waals surface area (Å²) < 4.78 is 0. The zero-order chi connectivity index (χ0) is 25.1. The molecule has 2 aliphatic heterocycles. The van der Waals surface area contributed by atoms with Crippen LogP contribution in [0.3, 0.4) is 0 Å². The van der Waals surface area contributed by atoms with Gasteiger partial charge in [0.25, 0.3) is 5.91 Å². The molecule has 1 aromatic heterocycles. The molecular formula is C29H35ClN4O2. The van der Waals surface area contributed by atoms with E-state index in [1.807, 2.05) is 48.4 Å². The van der Waals surface area contributed by atoms with Crippen LogP contribution in [0.15, 0.2) is 48.7 Å². The minimum Gasteiger partial charge on any atom is -0.361 e. The fourth-order valence-electron chi connectivity index (χ4n) is 5.60. The Balaban J connectivity index is 1.29. The number of hydrogen-bond donors (Lipinski definition) is 1. The Morgan fingerprint density at radius 1 is 1.03 bits per heavy atom. The number of carbonyl (C=O) groups excluding carboxylic acids is 2. The summed E-state index contributed by atoms with van der Waals surface area (Å²) in [6.07, 6.45) is 7.93. The smallest absolute Gasteiger partial charge is 0.258 e. The standard InChI is InChI=1S/C29H35ClN4O2/c1-21-18-31-26-17-23(9-10-24(21)26)29(36)34(27-8-4-3-7-25(27)30)20-28(35)33-15-11-22(12-16-33)19-32-13-5-2-6-14-32/h3-4,7-10,17-18,22,31H,2,5-6,11-16,19-20H2,1H3. The molecule has 3 heterocycles. The van der Waals surface area contributed by atoms with E-state index >= 15 is 0 Å². The fourth-order valence-corrected chi connectivity index (χ4v) is 5.84. The van der Waals surface area contributed by atoms with E-state index in [0.717, 1.165) is 48.9 Å². The van der Waals surface area contributed by atoms with E-state index in [4.69, 9.17) is 11.6 Å². The van der Waals surface area contributed by atoms with Crippen LogP contribution in [0.2, 0.25) is 5.02 Å². The number of para-hydroxylation sites is 1. The van der Waals surface area contributed by atoms with Gasteiger partial charge in [0.05, 0.1) is 10.7 Å². The van der Waals surface area contributed by atoms with Crippen LogP contribution in [0, 0.1) is 12.8 Å². The number of nitrogens with one attached hydrogen (secondary N) is 1. The van der Waals surface area contributed by atoms with E-state index in [9.17, 15) is 9.59 Å². The van der Waals surface area contributed by atoms with Crippen molar-refractivity contribution in [2.45, 2.75) is 39.0 Å². The van der Waals surface area contributed by atoms with E-state index in [1.165, 1.54) is 37.3 Å². The van der Waals surface area contributed by atoms with Crippen LogP contribution in [0.1, 0.15) is 48.0 Å². The van der Waals surface area contributed by atoms with Crippen molar-refractivity contribution >= 4 is 40.0 Å². The predicted molar refractivity (Wildman–Crippen MR) is 146 cm³/mol. The second-order valence-corrected chi connectivity index (χ2v) is 10.7. The number of likely N-dealkylation sites (tertiary alicyclic amines) is 2. The summed E-state index contributed by atoms with van der Waals surface area (Å²) in [4.78, 5) is 36.4. The van der Waals surface area contributed by atoms with Gasteiger partial charge in [0.1, 0.15) is 6.54 Å². The van der Waals surface area contributed by atoms with Crippen molar-refractivity contribution in [1.82, 2.24) is 14.8 Å². The number of aromatic amines is 1. The van der Waals surface area contributed by atoms with Gasteiger partial charge in [-0.15, -0.1) is 0 Å². The molecule has 0 spiro atoms. The van der Waals surface area contributed by atoms with Crippen molar-refractivity contribution in [3.8, 4) is 0 Å². The summed E-state index contributed by atoms with van der Waals surface area (Å²) in [6.45, 7) is 7.06. The van der Waals surface area contributed by atoms with Gasteiger partial charge in [-0.1, -0.05) is 36.2 Å². The molecule has 0 bridgehead atoms.